The van der Waals surface area contributed by atoms with Gasteiger partial charge in [-0.15, -0.1) is 0 Å². The van der Waals surface area contributed by atoms with Gasteiger partial charge in [-0.05, 0) is 42.2 Å². The van der Waals surface area contributed by atoms with Crippen molar-refractivity contribution in [1.82, 2.24) is 0 Å². The van der Waals surface area contributed by atoms with Crippen molar-refractivity contribution in [3.8, 4) is 11.1 Å². The molecule has 1 atom stereocenters. The van der Waals surface area contributed by atoms with Gasteiger partial charge in [0.1, 0.15) is 0 Å². The lowest BCUT2D eigenvalue weighted by molar-refractivity contribution is 0.818. The second-order valence-corrected chi connectivity index (χ2v) is 4.23. The van der Waals surface area contributed by atoms with Crippen LogP contribution in [-0.2, 0) is 0 Å². The monoisotopic (exact) mass is 211 g/mol. The quantitative estimate of drug-likeness (QED) is 0.805. The van der Waals surface area contributed by atoms with Gasteiger partial charge in [0.15, 0.2) is 0 Å². The molecule has 2 N–H and O–H groups in total. The summed E-state index contributed by atoms with van der Waals surface area (Å²) in [6.45, 7) is 4.15. The Morgan fingerprint density at radius 2 is 1.69 bits per heavy atom. The minimum Gasteiger partial charge on any atom is -0.324 e. The molecule has 0 aliphatic heterocycles. The molecule has 16 heavy (non-hydrogen) atoms. The molecule has 0 aromatic heterocycles. The van der Waals surface area contributed by atoms with Crippen LogP contribution in [0.2, 0.25) is 0 Å². The van der Waals surface area contributed by atoms with E-state index in [0.29, 0.717) is 0 Å². The van der Waals surface area contributed by atoms with Crippen LogP contribution in [0.4, 0.5) is 0 Å². The molecule has 2 aromatic carbocycles. The number of nitrogens with two attached hydrogens (primary N) is 1. The van der Waals surface area contributed by atoms with Gasteiger partial charge in [-0.1, -0.05) is 42.5 Å². The van der Waals surface area contributed by atoms with Crippen LogP contribution >= 0.6 is 0 Å². The van der Waals surface area contributed by atoms with E-state index in [1.165, 1.54) is 22.3 Å². The van der Waals surface area contributed by atoms with Crippen LogP contribution in [0.5, 0.6) is 0 Å². The fourth-order valence-electron chi connectivity index (χ4n) is 1.85. The second kappa shape index (κ2) is 4.50. The molecule has 0 spiro atoms. The summed E-state index contributed by atoms with van der Waals surface area (Å²) in [6.07, 6.45) is 0. The molecule has 1 nitrogen and oxygen atoms in total. The molecule has 1 heteroatoms. The van der Waals surface area contributed by atoms with Crippen LogP contribution in [0.1, 0.15) is 24.1 Å². The molecule has 0 radical (unpaired) electrons. The summed E-state index contributed by atoms with van der Waals surface area (Å²) >= 11 is 0. The molecule has 0 saturated heterocycles. The third-order valence-corrected chi connectivity index (χ3v) is 2.87. The molecule has 0 saturated carbocycles. The summed E-state index contributed by atoms with van der Waals surface area (Å²) in [7, 11) is 0. The molecule has 0 heterocycles. The van der Waals surface area contributed by atoms with Gasteiger partial charge < -0.3 is 5.73 Å². The Kier molecular flexibility index (Phi) is 3.07. The highest BCUT2D eigenvalue weighted by atomic mass is 14.6. The van der Waals surface area contributed by atoms with E-state index in [-0.39, 0.29) is 6.04 Å². The van der Waals surface area contributed by atoms with Crippen molar-refractivity contribution in [3.05, 3.63) is 59.7 Å². The maximum absolute atomic E-state index is 5.91. The Labute approximate surface area is 96.9 Å². The van der Waals surface area contributed by atoms with Gasteiger partial charge in [-0.3, -0.25) is 0 Å². The molecule has 0 fully saturated rings. The fourth-order valence-corrected chi connectivity index (χ4v) is 1.85. The molecule has 0 amide bonds. The summed E-state index contributed by atoms with van der Waals surface area (Å²) in [5.41, 5.74) is 10.9. The largest absolute Gasteiger partial charge is 0.324 e. The Hall–Kier alpha value is -1.60. The highest BCUT2D eigenvalue weighted by Crippen LogP contribution is 2.25. The molecular formula is C15H17N. The first-order chi connectivity index (χ1) is 7.68. The van der Waals surface area contributed by atoms with Crippen LogP contribution in [0, 0.1) is 6.92 Å². The summed E-state index contributed by atoms with van der Waals surface area (Å²) in [6, 6.07) is 16.9. The maximum Gasteiger partial charge on any atom is 0.0266 e. The Morgan fingerprint density at radius 3 is 2.31 bits per heavy atom. The van der Waals surface area contributed by atoms with Crippen molar-refractivity contribution in [1.29, 1.82) is 0 Å². The van der Waals surface area contributed by atoms with Gasteiger partial charge in [0.05, 0.1) is 0 Å². The second-order valence-electron chi connectivity index (χ2n) is 4.23. The van der Waals surface area contributed by atoms with Crippen LogP contribution in [0.3, 0.4) is 0 Å². The van der Waals surface area contributed by atoms with E-state index in [0.717, 1.165) is 0 Å². The SMILES string of the molecule is Cc1ccc(C(C)N)cc1-c1ccccc1. The molecule has 0 bridgehead atoms. The van der Waals surface area contributed by atoms with Gasteiger partial charge in [0.2, 0.25) is 0 Å². The first kappa shape index (κ1) is 10.9. The van der Waals surface area contributed by atoms with Gasteiger partial charge in [0.25, 0.3) is 0 Å². The predicted octanol–water partition coefficient (Wildman–Crippen LogP) is 3.68. The summed E-state index contributed by atoms with van der Waals surface area (Å²) < 4.78 is 0. The van der Waals surface area contributed by atoms with Crippen LogP contribution in [0.15, 0.2) is 48.5 Å². The summed E-state index contributed by atoms with van der Waals surface area (Å²) in [5.74, 6) is 0. The Balaban J connectivity index is 2.52. The van der Waals surface area contributed by atoms with Crippen molar-refractivity contribution in [2.45, 2.75) is 19.9 Å². The predicted molar refractivity (Wildman–Crippen MR) is 69.2 cm³/mol. The minimum atomic E-state index is 0.0862. The van der Waals surface area contributed by atoms with E-state index in [4.69, 9.17) is 5.73 Å². The lowest BCUT2D eigenvalue weighted by atomic mass is 9.96. The zero-order valence-electron chi connectivity index (χ0n) is 9.77. The standard InChI is InChI=1S/C15H17N/c1-11-8-9-14(12(2)16)10-15(11)13-6-4-3-5-7-13/h3-10,12H,16H2,1-2H3. The number of rotatable bonds is 2. The number of hydrogen-bond donors (Lipinski definition) is 1. The summed E-state index contributed by atoms with van der Waals surface area (Å²) in [5, 5.41) is 0. The van der Waals surface area contributed by atoms with Gasteiger partial charge in [0, 0.05) is 6.04 Å². The number of hydrogen-bond acceptors (Lipinski definition) is 1. The van der Waals surface area contributed by atoms with E-state index >= 15 is 0 Å². The van der Waals surface area contributed by atoms with E-state index in [9.17, 15) is 0 Å². The zero-order chi connectivity index (χ0) is 11.5. The lowest BCUT2D eigenvalue weighted by Gasteiger charge is -2.11. The highest BCUT2D eigenvalue weighted by molar-refractivity contribution is 5.67. The number of aryl methyl sites for hydroxylation is 1. The summed E-state index contributed by atoms with van der Waals surface area (Å²) in [4.78, 5) is 0. The van der Waals surface area contributed by atoms with E-state index < -0.39 is 0 Å². The normalized spacial score (nSPS) is 12.4. The third kappa shape index (κ3) is 2.15. The van der Waals surface area contributed by atoms with Gasteiger partial charge in [-0.2, -0.15) is 0 Å². The van der Waals surface area contributed by atoms with Crippen LogP contribution in [0.25, 0.3) is 11.1 Å². The van der Waals surface area contributed by atoms with E-state index in [2.05, 4.69) is 49.4 Å². The van der Waals surface area contributed by atoms with Crippen molar-refractivity contribution in [2.75, 3.05) is 0 Å². The molecule has 0 aliphatic rings. The molecule has 2 rings (SSSR count). The molecule has 1 unspecified atom stereocenters. The average molecular weight is 211 g/mol. The first-order valence-electron chi connectivity index (χ1n) is 5.60. The molecule has 0 aliphatic carbocycles. The fraction of sp³-hybridized carbons (Fsp3) is 0.200. The van der Waals surface area contributed by atoms with Crippen molar-refractivity contribution in [2.24, 2.45) is 5.73 Å². The van der Waals surface area contributed by atoms with Crippen molar-refractivity contribution < 1.29 is 0 Å². The molecular weight excluding hydrogens is 194 g/mol. The minimum absolute atomic E-state index is 0.0862. The van der Waals surface area contributed by atoms with Crippen LogP contribution in [-0.4, -0.2) is 0 Å². The van der Waals surface area contributed by atoms with E-state index in [1.54, 1.807) is 0 Å². The van der Waals surface area contributed by atoms with Crippen molar-refractivity contribution in [3.63, 3.8) is 0 Å². The van der Waals surface area contributed by atoms with Crippen LogP contribution < -0.4 is 5.73 Å². The lowest BCUT2D eigenvalue weighted by Crippen LogP contribution is -2.05. The van der Waals surface area contributed by atoms with Gasteiger partial charge >= 0.3 is 0 Å². The zero-order valence-corrected chi connectivity index (χ0v) is 9.77. The Morgan fingerprint density at radius 1 is 1.00 bits per heavy atom. The smallest absolute Gasteiger partial charge is 0.0266 e. The molecule has 2 aromatic rings. The first-order valence-corrected chi connectivity index (χ1v) is 5.60. The average Bonchev–Trinajstić information content (AvgIpc) is 2.30. The highest BCUT2D eigenvalue weighted by Gasteiger charge is 2.05. The van der Waals surface area contributed by atoms with Gasteiger partial charge in [-0.25, -0.2) is 0 Å². The number of benzene rings is 2. The van der Waals surface area contributed by atoms with Crippen molar-refractivity contribution >= 4 is 0 Å². The Bertz CT molecular complexity index is 472. The molecule has 82 valence electrons. The third-order valence-electron chi connectivity index (χ3n) is 2.87. The van der Waals surface area contributed by atoms with E-state index in [1.807, 2.05) is 13.0 Å². The maximum atomic E-state index is 5.91. The topological polar surface area (TPSA) is 26.0 Å².